The third-order valence-electron chi connectivity index (χ3n) is 8.12. The number of thiophene rings is 1. The molecule has 1 fully saturated rings. The van der Waals surface area contributed by atoms with Crippen molar-refractivity contribution in [1.29, 1.82) is 0 Å². The number of ether oxygens (including phenoxy) is 2. The largest absolute Gasteiger partial charge is 0.496 e. The zero-order valence-electron chi connectivity index (χ0n) is 26.6. The Hall–Kier alpha value is -3.81. The topological polar surface area (TPSA) is 135 Å². The molecule has 1 saturated carbocycles. The van der Waals surface area contributed by atoms with Crippen molar-refractivity contribution in [2.45, 2.75) is 77.4 Å². The van der Waals surface area contributed by atoms with E-state index in [1.807, 2.05) is 6.92 Å². The van der Waals surface area contributed by atoms with Crippen LogP contribution in [0.15, 0.2) is 46.2 Å². The molecule has 0 radical (unpaired) electrons. The molecule has 0 saturated heterocycles. The summed E-state index contributed by atoms with van der Waals surface area (Å²) in [6.07, 6.45) is 8.68. The van der Waals surface area contributed by atoms with Crippen molar-refractivity contribution >= 4 is 27.5 Å². The van der Waals surface area contributed by atoms with Crippen LogP contribution in [0.1, 0.15) is 57.1 Å². The van der Waals surface area contributed by atoms with Gasteiger partial charge in [-0.1, -0.05) is 30.6 Å². The highest BCUT2D eigenvalue weighted by atomic mass is 32.1. The normalized spacial score (nSPS) is 13.8. The van der Waals surface area contributed by atoms with Gasteiger partial charge < -0.3 is 20.5 Å². The molecule has 0 atom stereocenters. The SMILES string of the molecule is COCCN.COc1ccc(F)cc1CCn1c(=O)n(C(C)(C)C(=O)NC2CCCCC2)c(=O)c2c(C)c(-n3cccn3)sc21. The molecule has 0 spiro atoms. The van der Waals surface area contributed by atoms with Crippen LogP contribution in [0.25, 0.3) is 15.2 Å². The third kappa shape index (κ3) is 7.37. The number of amides is 1. The minimum absolute atomic E-state index is 0.0249. The van der Waals surface area contributed by atoms with E-state index in [0.29, 0.717) is 45.2 Å². The molecule has 1 aromatic carbocycles. The van der Waals surface area contributed by atoms with Crippen LogP contribution in [-0.2, 0) is 28.0 Å². The summed E-state index contributed by atoms with van der Waals surface area (Å²) in [6, 6.07) is 6.06. The van der Waals surface area contributed by atoms with Gasteiger partial charge in [0.05, 0.1) is 19.1 Å². The van der Waals surface area contributed by atoms with Crippen molar-refractivity contribution in [3.05, 3.63) is 74.4 Å². The first kappa shape index (κ1) is 34.1. The number of carbonyl (C=O) groups excluding carboxylic acids is 1. The Kier molecular flexibility index (Phi) is 11.3. The highest BCUT2D eigenvalue weighted by molar-refractivity contribution is 7.21. The minimum atomic E-state index is -1.45. The molecular formula is C32H43FN6O5S. The van der Waals surface area contributed by atoms with Gasteiger partial charge in [0.15, 0.2) is 0 Å². The van der Waals surface area contributed by atoms with Crippen LogP contribution in [0.3, 0.4) is 0 Å². The third-order valence-corrected chi connectivity index (χ3v) is 9.43. The molecule has 0 bridgehead atoms. The molecule has 1 aliphatic rings. The molecule has 244 valence electrons. The highest BCUT2D eigenvalue weighted by Crippen LogP contribution is 2.32. The summed E-state index contributed by atoms with van der Waals surface area (Å²) in [6.45, 7) is 6.47. The van der Waals surface area contributed by atoms with Crippen LogP contribution < -0.4 is 27.0 Å². The zero-order valence-corrected chi connectivity index (χ0v) is 27.4. The fraction of sp³-hybridized carbons (Fsp3) is 0.500. The number of aromatic nitrogens is 4. The number of nitrogens with zero attached hydrogens (tertiary/aromatic N) is 4. The van der Waals surface area contributed by atoms with E-state index in [1.165, 1.54) is 35.1 Å². The fourth-order valence-electron chi connectivity index (χ4n) is 5.64. The Morgan fingerprint density at radius 3 is 2.53 bits per heavy atom. The first-order chi connectivity index (χ1) is 21.5. The second kappa shape index (κ2) is 15.0. The van der Waals surface area contributed by atoms with Crippen LogP contribution in [0.2, 0.25) is 0 Å². The van der Waals surface area contributed by atoms with Crippen LogP contribution >= 0.6 is 11.3 Å². The number of aryl methyl sites for hydroxylation is 3. The average molecular weight is 643 g/mol. The van der Waals surface area contributed by atoms with Crippen molar-refractivity contribution in [3.63, 3.8) is 0 Å². The number of carbonyl (C=O) groups is 1. The number of nitrogens with two attached hydrogens (primary N) is 1. The molecule has 3 N–H and O–H groups in total. The van der Waals surface area contributed by atoms with Gasteiger partial charge in [-0.25, -0.2) is 18.4 Å². The first-order valence-electron chi connectivity index (χ1n) is 15.2. The maximum Gasteiger partial charge on any atom is 0.333 e. The summed E-state index contributed by atoms with van der Waals surface area (Å²) in [5.74, 6) is -0.269. The number of hydrogen-bond donors (Lipinski definition) is 2. The quantitative estimate of drug-likeness (QED) is 0.268. The van der Waals surface area contributed by atoms with Gasteiger partial charge in [0.2, 0.25) is 5.91 Å². The lowest BCUT2D eigenvalue weighted by Crippen LogP contribution is -2.57. The standard InChI is InChI=1S/C29H34FN5O4S.C3H9NO/c1-18-23-24(36)35(29(2,3)27(37)32-21-9-6-5-7-10-21)28(38)33(26(23)40-25(18)34-15-8-14-31-34)16-13-19-17-20(30)11-12-22(19)39-4;1-5-3-2-4/h8,11-12,14-15,17,21H,5-7,9-10,13,16H2,1-4H3,(H,32,37);2-4H2,1H3. The van der Waals surface area contributed by atoms with Gasteiger partial charge >= 0.3 is 5.69 Å². The zero-order chi connectivity index (χ0) is 32.7. The summed E-state index contributed by atoms with van der Waals surface area (Å²) >= 11 is 1.29. The summed E-state index contributed by atoms with van der Waals surface area (Å²) < 4.78 is 28.3. The van der Waals surface area contributed by atoms with Gasteiger partial charge in [0, 0.05) is 44.2 Å². The summed E-state index contributed by atoms with van der Waals surface area (Å²) in [4.78, 5) is 42.2. The number of methoxy groups -OCH3 is 2. The molecule has 0 aliphatic heterocycles. The number of fused-ring (bicyclic) bond motifs is 1. The molecule has 5 rings (SSSR count). The minimum Gasteiger partial charge on any atom is -0.496 e. The lowest BCUT2D eigenvalue weighted by Gasteiger charge is -2.30. The molecule has 4 aromatic rings. The van der Waals surface area contributed by atoms with Crippen molar-refractivity contribution < 1.29 is 18.7 Å². The van der Waals surface area contributed by atoms with Crippen molar-refractivity contribution in [2.75, 3.05) is 27.4 Å². The second-order valence-corrected chi connectivity index (χ2v) is 12.6. The number of nitrogens with one attached hydrogen (secondary N) is 1. The maximum absolute atomic E-state index is 14.1. The molecule has 13 heteroatoms. The Bertz CT molecular complexity index is 1720. The number of halogens is 1. The average Bonchev–Trinajstić information content (AvgIpc) is 3.66. The summed E-state index contributed by atoms with van der Waals surface area (Å²) in [5, 5.41) is 8.47. The van der Waals surface area contributed by atoms with Gasteiger partial charge in [-0.15, -0.1) is 0 Å². The summed E-state index contributed by atoms with van der Waals surface area (Å²) in [5.41, 5.74) is 3.72. The van der Waals surface area contributed by atoms with Crippen molar-refractivity contribution in [3.8, 4) is 10.8 Å². The summed E-state index contributed by atoms with van der Waals surface area (Å²) in [7, 11) is 3.14. The first-order valence-corrected chi connectivity index (χ1v) is 16.0. The predicted molar refractivity (Wildman–Crippen MR) is 174 cm³/mol. The maximum atomic E-state index is 14.1. The van der Waals surface area contributed by atoms with E-state index in [9.17, 15) is 18.8 Å². The molecule has 45 heavy (non-hydrogen) atoms. The van der Waals surface area contributed by atoms with Gasteiger partial charge in [-0.2, -0.15) is 5.10 Å². The van der Waals surface area contributed by atoms with E-state index < -0.39 is 22.6 Å². The smallest absolute Gasteiger partial charge is 0.333 e. The van der Waals surface area contributed by atoms with Gasteiger partial charge in [0.25, 0.3) is 5.56 Å². The van der Waals surface area contributed by atoms with E-state index in [4.69, 9.17) is 10.5 Å². The lowest BCUT2D eigenvalue weighted by molar-refractivity contribution is -0.129. The fourth-order valence-corrected chi connectivity index (χ4v) is 6.90. The Balaban J connectivity index is 0.000000854. The molecule has 1 amide bonds. The second-order valence-electron chi connectivity index (χ2n) is 11.6. The van der Waals surface area contributed by atoms with Crippen LogP contribution in [-0.4, -0.2) is 58.2 Å². The van der Waals surface area contributed by atoms with E-state index in [-0.39, 0.29) is 24.9 Å². The van der Waals surface area contributed by atoms with E-state index in [0.717, 1.165) is 36.7 Å². The molecule has 3 aromatic heterocycles. The number of hydrogen-bond acceptors (Lipinski definition) is 8. The van der Waals surface area contributed by atoms with Crippen molar-refractivity contribution in [2.24, 2.45) is 5.73 Å². The Morgan fingerprint density at radius 1 is 1.20 bits per heavy atom. The molecule has 3 heterocycles. The van der Waals surface area contributed by atoms with Gasteiger partial charge in [-0.3, -0.25) is 14.2 Å². The monoisotopic (exact) mass is 642 g/mol. The van der Waals surface area contributed by atoms with Crippen LogP contribution in [0, 0.1) is 12.7 Å². The van der Waals surface area contributed by atoms with E-state index in [1.54, 1.807) is 50.2 Å². The van der Waals surface area contributed by atoms with E-state index in [2.05, 4.69) is 15.2 Å². The molecule has 11 nitrogen and oxygen atoms in total. The van der Waals surface area contributed by atoms with Crippen molar-refractivity contribution in [1.82, 2.24) is 24.2 Å². The Morgan fingerprint density at radius 2 is 1.93 bits per heavy atom. The van der Waals surface area contributed by atoms with Gasteiger partial charge in [0.1, 0.15) is 26.9 Å². The van der Waals surface area contributed by atoms with Crippen LogP contribution in [0.4, 0.5) is 4.39 Å². The van der Waals surface area contributed by atoms with E-state index >= 15 is 0 Å². The molecule has 1 aliphatic carbocycles. The molecule has 0 unspecified atom stereocenters. The Labute approximate surface area is 265 Å². The van der Waals surface area contributed by atoms with Crippen LogP contribution in [0.5, 0.6) is 5.75 Å². The number of rotatable bonds is 10. The highest BCUT2D eigenvalue weighted by Gasteiger charge is 2.36. The number of benzene rings is 1. The van der Waals surface area contributed by atoms with Gasteiger partial charge in [-0.05, 0) is 69.9 Å². The lowest BCUT2D eigenvalue weighted by atomic mass is 9.94. The predicted octanol–water partition coefficient (Wildman–Crippen LogP) is 3.88. The molecular weight excluding hydrogens is 599 g/mol.